The molecule has 0 bridgehead atoms. The minimum Gasteiger partial charge on any atom is -0.478 e. The van der Waals surface area contributed by atoms with Crippen molar-refractivity contribution in [3.05, 3.63) is 23.5 Å². The van der Waals surface area contributed by atoms with Crippen molar-refractivity contribution in [2.75, 3.05) is 6.79 Å². The number of aliphatic carboxylic acids is 1. The second kappa shape index (κ2) is 4.43. The maximum absolute atomic E-state index is 11.1. The Bertz CT molecular complexity index is 318. The molecule has 0 saturated heterocycles. The molecule has 6 heteroatoms. The lowest BCUT2D eigenvalue weighted by Gasteiger charge is -2.11. The lowest BCUT2D eigenvalue weighted by molar-refractivity contribution is -0.147. The summed E-state index contributed by atoms with van der Waals surface area (Å²) >= 11 is 0. The molecular weight excluding hydrogens is 190 g/mol. The van der Waals surface area contributed by atoms with Gasteiger partial charge in [-0.05, 0) is 0 Å². The maximum Gasteiger partial charge on any atom is 0.337 e. The van der Waals surface area contributed by atoms with Crippen LogP contribution in [0.1, 0.15) is 6.42 Å². The Balaban J connectivity index is 2.63. The molecule has 0 aromatic heterocycles. The average molecular weight is 199 g/mol. The molecule has 14 heavy (non-hydrogen) atoms. The number of ether oxygens (including phenoxy) is 1. The quantitative estimate of drug-likeness (QED) is 0.412. The Labute approximate surface area is 79.5 Å². The number of rotatable bonds is 3. The molecule has 0 radical (unpaired) electrons. The molecule has 3 N–H and O–H groups in total. The molecule has 0 unspecified atom stereocenters. The first-order valence-electron chi connectivity index (χ1n) is 3.80. The van der Waals surface area contributed by atoms with Crippen LogP contribution in [0.2, 0.25) is 0 Å². The largest absolute Gasteiger partial charge is 0.478 e. The minimum absolute atomic E-state index is 0.0127. The van der Waals surface area contributed by atoms with Gasteiger partial charge in [0, 0.05) is 18.8 Å². The fourth-order valence-electron chi connectivity index (χ4n) is 0.970. The van der Waals surface area contributed by atoms with Crippen molar-refractivity contribution in [2.45, 2.75) is 6.42 Å². The van der Waals surface area contributed by atoms with E-state index in [2.05, 4.69) is 10.1 Å². The fourth-order valence-corrected chi connectivity index (χ4v) is 0.970. The number of hydrogen-bond acceptors (Lipinski definition) is 5. The van der Waals surface area contributed by atoms with Crippen LogP contribution in [-0.2, 0) is 14.3 Å². The van der Waals surface area contributed by atoms with Crippen LogP contribution in [0.3, 0.4) is 0 Å². The van der Waals surface area contributed by atoms with E-state index in [1.807, 2.05) is 0 Å². The number of nitrogens with one attached hydrogen (secondary N) is 1. The van der Waals surface area contributed by atoms with Gasteiger partial charge in [0.15, 0.2) is 6.79 Å². The highest BCUT2D eigenvalue weighted by atomic mass is 16.6. The van der Waals surface area contributed by atoms with Gasteiger partial charge in [-0.15, -0.1) is 0 Å². The normalized spacial score (nSPS) is 14.9. The summed E-state index contributed by atoms with van der Waals surface area (Å²) in [5.74, 6) is -1.83. The number of hydrogen-bond donors (Lipinski definition) is 3. The summed E-state index contributed by atoms with van der Waals surface area (Å²) in [7, 11) is 0. The Morgan fingerprint density at radius 3 is 2.64 bits per heavy atom. The van der Waals surface area contributed by atoms with E-state index in [0.717, 1.165) is 0 Å². The summed E-state index contributed by atoms with van der Waals surface area (Å²) in [6.07, 6.45) is 2.61. The zero-order valence-corrected chi connectivity index (χ0v) is 7.19. The predicted molar refractivity (Wildman–Crippen MR) is 44.7 cm³/mol. The molecule has 1 aliphatic rings. The molecule has 0 aromatic rings. The van der Waals surface area contributed by atoms with Crippen LogP contribution < -0.4 is 5.32 Å². The first kappa shape index (κ1) is 10.3. The molecule has 0 aliphatic carbocycles. The molecule has 1 heterocycles. The van der Waals surface area contributed by atoms with Gasteiger partial charge in [0.05, 0.1) is 11.1 Å². The van der Waals surface area contributed by atoms with Crippen molar-refractivity contribution >= 4 is 11.9 Å². The van der Waals surface area contributed by atoms with Crippen LogP contribution in [0.4, 0.5) is 0 Å². The van der Waals surface area contributed by atoms with Gasteiger partial charge in [-0.1, -0.05) is 0 Å². The number of carboxylic acids is 1. The number of carbonyl (C=O) groups excluding carboxylic acids is 1. The van der Waals surface area contributed by atoms with Crippen LogP contribution in [0.5, 0.6) is 0 Å². The minimum atomic E-state index is -1.10. The van der Waals surface area contributed by atoms with E-state index in [4.69, 9.17) is 10.2 Å². The number of aliphatic hydroxyl groups is 1. The van der Waals surface area contributed by atoms with Crippen molar-refractivity contribution in [2.24, 2.45) is 0 Å². The Morgan fingerprint density at radius 1 is 1.43 bits per heavy atom. The third-order valence-corrected chi connectivity index (χ3v) is 1.63. The third kappa shape index (κ3) is 2.33. The van der Waals surface area contributed by atoms with E-state index in [0.29, 0.717) is 0 Å². The van der Waals surface area contributed by atoms with Gasteiger partial charge in [0.2, 0.25) is 0 Å². The highest BCUT2D eigenvalue weighted by Crippen LogP contribution is 2.15. The van der Waals surface area contributed by atoms with Crippen molar-refractivity contribution in [1.82, 2.24) is 5.32 Å². The lowest BCUT2D eigenvalue weighted by atomic mass is 10.1. The summed E-state index contributed by atoms with van der Waals surface area (Å²) in [5, 5.41) is 19.5. The van der Waals surface area contributed by atoms with Gasteiger partial charge in [0.1, 0.15) is 0 Å². The van der Waals surface area contributed by atoms with Gasteiger partial charge in [0.25, 0.3) is 0 Å². The predicted octanol–water partition coefficient (Wildman–Crippen LogP) is -0.675. The standard InChI is InChI=1S/C8H9NO5/c10-4-14-8(13)6-1-5(7(11)12)2-9-3-6/h2-3,9-10H,1,4H2,(H,11,12). The maximum atomic E-state index is 11.1. The lowest BCUT2D eigenvalue weighted by Crippen LogP contribution is -2.18. The average Bonchev–Trinajstić information content (AvgIpc) is 2.18. The zero-order chi connectivity index (χ0) is 10.6. The molecule has 0 saturated carbocycles. The van der Waals surface area contributed by atoms with Gasteiger partial charge in [-0.25, -0.2) is 9.59 Å². The van der Waals surface area contributed by atoms with Crippen molar-refractivity contribution in [3.63, 3.8) is 0 Å². The highest BCUT2D eigenvalue weighted by molar-refractivity contribution is 5.94. The van der Waals surface area contributed by atoms with E-state index in [-0.39, 0.29) is 17.6 Å². The second-order valence-electron chi connectivity index (χ2n) is 2.55. The molecule has 0 fully saturated rings. The summed E-state index contributed by atoms with van der Waals surface area (Å²) in [5.41, 5.74) is 0.233. The number of esters is 1. The van der Waals surface area contributed by atoms with E-state index < -0.39 is 18.7 Å². The number of carbonyl (C=O) groups is 2. The van der Waals surface area contributed by atoms with E-state index in [9.17, 15) is 9.59 Å². The molecule has 1 aliphatic heterocycles. The first-order valence-corrected chi connectivity index (χ1v) is 3.80. The molecule has 6 nitrogen and oxygen atoms in total. The van der Waals surface area contributed by atoms with Crippen LogP contribution in [0.25, 0.3) is 0 Å². The number of carboxylic acid groups (broad SMARTS) is 1. The van der Waals surface area contributed by atoms with Gasteiger partial charge < -0.3 is 20.3 Å². The zero-order valence-electron chi connectivity index (χ0n) is 7.19. The molecule has 0 spiro atoms. The fraction of sp³-hybridized carbons (Fsp3) is 0.250. The van der Waals surface area contributed by atoms with Gasteiger partial charge in [-0.3, -0.25) is 0 Å². The Kier molecular flexibility index (Phi) is 3.24. The summed E-state index contributed by atoms with van der Waals surface area (Å²) in [6, 6.07) is 0. The smallest absolute Gasteiger partial charge is 0.337 e. The molecule has 0 aromatic carbocycles. The van der Waals surface area contributed by atoms with Gasteiger partial charge >= 0.3 is 11.9 Å². The molecule has 76 valence electrons. The SMILES string of the molecule is O=C(O)C1=CNC=C(C(=O)OCO)C1. The summed E-state index contributed by atoms with van der Waals surface area (Å²) in [6.45, 7) is -0.720. The summed E-state index contributed by atoms with van der Waals surface area (Å²) < 4.78 is 4.30. The monoisotopic (exact) mass is 199 g/mol. The van der Waals surface area contributed by atoms with Crippen LogP contribution in [0.15, 0.2) is 23.5 Å². The third-order valence-electron chi connectivity index (χ3n) is 1.63. The Hall–Kier alpha value is -1.82. The highest BCUT2D eigenvalue weighted by Gasteiger charge is 2.19. The van der Waals surface area contributed by atoms with Crippen LogP contribution >= 0.6 is 0 Å². The van der Waals surface area contributed by atoms with E-state index in [1.165, 1.54) is 12.4 Å². The van der Waals surface area contributed by atoms with Crippen molar-refractivity contribution in [3.8, 4) is 0 Å². The molecule has 0 atom stereocenters. The second-order valence-corrected chi connectivity index (χ2v) is 2.55. The van der Waals surface area contributed by atoms with E-state index in [1.54, 1.807) is 0 Å². The number of aliphatic hydroxyl groups excluding tert-OH is 1. The molecule has 0 amide bonds. The number of dihydropyridines is 1. The first-order chi connectivity index (χ1) is 6.65. The molecule has 1 rings (SSSR count). The topological polar surface area (TPSA) is 95.9 Å². The van der Waals surface area contributed by atoms with Crippen LogP contribution in [0, 0.1) is 0 Å². The summed E-state index contributed by atoms with van der Waals surface area (Å²) in [4.78, 5) is 21.6. The van der Waals surface area contributed by atoms with Gasteiger partial charge in [-0.2, -0.15) is 0 Å². The Morgan fingerprint density at radius 2 is 2.07 bits per heavy atom. The van der Waals surface area contributed by atoms with Crippen LogP contribution in [-0.4, -0.2) is 28.9 Å². The van der Waals surface area contributed by atoms with E-state index >= 15 is 0 Å². The van der Waals surface area contributed by atoms with Crippen molar-refractivity contribution < 1.29 is 24.5 Å². The van der Waals surface area contributed by atoms with Crippen molar-refractivity contribution in [1.29, 1.82) is 0 Å². The molecular formula is C8H9NO5.